The fourth-order valence-electron chi connectivity index (χ4n) is 1.80. The Balaban J connectivity index is 2.82. The SMILES string of the molecule is CC(C)=NOC[C@@H]1[C@H](NC(=O)OC(C)(C)C)C(=O)N1S(=O)(=O)O. The largest absolute Gasteiger partial charge is 0.444 e. The Morgan fingerprint density at radius 3 is 2.39 bits per heavy atom. The zero-order valence-corrected chi connectivity index (χ0v) is 14.4. The number of amides is 2. The van der Waals surface area contributed by atoms with Gasteiger partial charge in [-0.3, -0.25) is 9.35 Å². The van der Waals surface area contributed by atoms with E-state index in [1.54, 1.807) is 34.6 Å². The Kier molecular flexibility index (Phi) is 5.59. The molecule has 2 N–H and O–H groups in total. The molecule has 2 atom stereocenters. The van der Waals surface area contributed by atoms with Crippen molar-refractivity contribution in [2.24, 2.45) is 5.16 Å². The summed E-state index contributed by atoms with van der Waals surface area (Å²) in [6, 6.07) is -2.31. The number of nitrogens with zero attached hydrogens (tertiary/aromatic N) is 2. The fourth-order valence-corrected chi connectivity index (χ4v) is 2.67. The van der Waals surface area contributed by atoms with Crippen LogP contribution in [-0.4, -0.2) is 59.3 Å². The van der Waals surface area contributed by atoms with Crippen molar-refractivity contribution >= 4 is 28.0 Å². The molecule has 0 aromatic heterocycles. The summed E-state index contributed by atoms with van der Waals surface area (Å²) in [6.45, 7) is 7.90. The maximum absolute atomic E-state index is 11.8. The minimum atomic E-state index is -4.76. The highest BCUT2D eigenvalue weighted by Crippen LogP contribution is 2.24. The summed E-state index contributed by atoms with van der Waals surface area (Å²) in [5, 5.41) is 5.88. The molecule has 0 aromatic rings. The number of ether oxygens (including phenoxy) is 1. The first kappa shape index (κ1) is 19.2. The summed E-state index contributed by atoms with van der Waals surface area (Å²) in [5.74, 6) is -0.982. The van der Waals surface area contributed by atoms with Gasteiger partial charge in [0.15, 0.2) is 0 Å². The van der Waals surface area contributed by atoms with Gasteiger partial charge >= 0.3 is 16.4 Å². The molecular formula is C12H21N3O7S. The number of oxime groups is 1. The summed E-state index contributed by atoms with van der Waals surface area (Å²) in [7, 11) is -4.76. The van der Waals surface area contributed by atoms with Gasteiger partial charge in [-0.05, 0) is 34.6 Å². The van der Waals surface area contributed by atoms with E-state index in [4.69, 9.17) is 14.1 Å². The van der Waals surface area contributed by atoms with Crippen molar-refractivity contribution in [3.05, 3.63) is 0 Å². The normalized spacial score (nSPS) is 21.3. The maximum atomic E-state index is 11.8. The van der Waals surface area contributed by atoms with Crippen LogP contribution in [0.2, 0.25) is 0 Å². The second-order valence-corrected chi connectivity index (χ2v) is 7.43. The first-order valence-corrected chi connectivity index (χ1v) is 8.16. The van der Waals surface area contributed by atoms with E-state index < -0.39 is 40.0 Å². The molecule has 0 unspecified atom stereocenters. The van der Waals surface area contributed by atoms with Crippen LogP contribution >= 0.6 is 0 Å². The van der Waals surface area contributed by atoms with Crippen LogP contribution in [0.5, 0.6) is 0 Å². The highest BCUT2D eigenvalue weighted by Gasteiger charge is 2.55. The van der Waals surface area contributed by atoms with Gasteiger partial charge in [-0.1, -0.05) is 5.16 Å². The lowest BCUT2D eigenvalue weighted by Crippen LogP contribution is -2.73. The number of carbonyl (C=O) groups excluding carboxylic acids is 2. The molecule has 23 heavy (non-hydrogen) atoms. The van der Waals surface area contributed by atoms with Crippen LogP contribution in [0.25, 0.3) is 0 Å². The van der Waals surface area contributed by atoms with Crippen LogP contribution in [0.15, 0.2) is 5.16 Å². The first-order chi connectivity index (χ1) is 10.3. The smallest absolute Gasteiger partial charge is 0.408 e. The maximum Gasteiger partial charge on any atom is 0.408 e. The third-order valence-corrected chi connectivity index (χ3v) is 3.53. The number of hydrogen-bond donors (Lipinski definition) is 2. The Bertz CT molecular complexity index is 605. The third kappa shape index (κ3) is 5.36. The van der Waals surface area contributed by atoms with Crippen LogP contribution in [-0.2, 0) is 24.7 Å². The minimum Gasteiger partial charge on any atom is -0.444 e. The molecule has 2 amide bonds. The van der Waals surface area contributed by atoms with E-state index in [1.807, 2.05) is 0 Å². The van der Waals surface area contributed by atoms with Gasteiger partial charge in [0.05, 0.1) is 5.71 Å². The van der Waals surface area contributed by atoms with Crippen molar-refractivity contribution in [1.29, 1.82) is 0 Å². The molecule has 11 heteroatoms. The first-order valence-electron chi connectivity index (χ1n) is 6.76. The molecule has 1 heterocycles. The molecular weight excluding hydrogens is 330 g/mol. The molecule has 1 saturated heterocycles. The van der Waals surface area contributed by atoms with Gasteiger partial charge in [-0.25, -0.2) is 9.10 Å². The van der Waals surface area contributed by atoms with Crippen molar-refractivity contribution in [2.75, 3.05) is 6.61 Å². The van der Waals surface area contributed by atoms with E-state index in [-0.39, 0.29) is 10.9 Å². The number of rotatable bonds is 5. The van der Waals surface area contributed by atoms with Gasteiger partial charge < -0.3 is 14.9 Å². The predicted octanol–water partition coefficient (Wildman–Crippen LogP) is 0.306. The molecule has 1 aliphatic heterocycles. The Labute approximate surface area is 134 Å². The van der Waals surface area contributed by atoms with Crippen LogP contribution in [0.4, 0.5) is 4.79 Å². The number of carbonyl (C=O) groups is 2. The Morgan fingerprint density at radius 1 is 1.39 bits per heavy atom. The minimum absolute atomic E-state index is 0.232. The fraction of sp³-hybridized carbons (Fsp3) is 0.750. The van der Waals surface area contributed by atoms with Crippen molar-refractivity contribution < 1.29 is 32.1 Å². The molecule has 1 rings (SSSR count). The number of β-lactam (4-membered cyclic amide) rings is 1. The zero-order valence-electron chi connectivity index (χ0n) is 13.6. The quantitative estimate of drug-likeness (QED) is 0.315. The summed E-state index contributed by atoms with van der Waals surface area (Å²) in [4.78, 5) is 28.5. The van der Waals surface area contributed by atoms with Crippen LogP contribution in [0.1, 0.15) is 34.6 Å². The van der Waals surface area contributed by atoms with E-state index in [1.165, 1.54) is 0 Å². The molecule has 0 bridgehead atoms. The van der Waals surface area contributed by atoms with E-state index in [2.05, 4.69) is 10.5 Å². The van der Waals surface area contributed by atoms with Crippen molar-refractivity contribution in [1.82, 2.24) is 9.62 Å². The lowest BCUT2D eigenvalue weighted by Gasteiger charge is -2.43. The molecule has 0 saturated carbocycles. The summed E-state index contributed by atoms with van der Waals surface area (Å²) in [6.07, 6.45) is -0.883. The van der Waals surface area contributed by atoms with E-state index in [0.29, 0.717) is 5.71 Å². The number of nitrogens with one attached hydrogen (secondary N) is 1. The van der Waals surface area contributed by atoms with Gasteiger partial charge in [0.25, 0.3) is 5.91 Å². The predicted molar refractivity (Wildman–Crippen MR) is 80.1 cm³/mol. The Morgan fingerprint density at radius 2 is 1.96 bits per heavy atom. The molecule has 0 aliphatic carbocycles. The zero-order chi connectivity index (χ0) is 18.0. The standard InChI is InChI=1S/C12H21N3O7S/c1-7(2)14-21-6-8-9(10(16)15(8)23(18,19)20)13-11(17)22-12(3,4)5/h8-9H,6H2,1-5H3,(H,13,17)(H,18,19,20)/t8-,9+/m1/s1. The van der Waals surface area contributed by atoms with Gasteiger partial charge in [0, 0.05) is 0 Å². The Hall–Kier alpha value is -1.88. The topological polar surface area (TPSA) is 135 Å². The molecule has 0 spiro atoms. The lowest BCUT2D eigenvalue weighted by atomic mass is 10.00. The van der Waals surface area contributed by atoms with Crippen molar-refractivity contribution in [3.63, 3.8) is 0 Å². The molecule has 132 valence electrons. The van der Waals surface area contributed by atoms with Crippen molar-refractivity contribution in [3.8, 4) is 0 Å². The second-order valence-electron chi connectivity index (χ2n) is 6.14. The third-order valence-electron chi connectivity index (χ3n) is 2.58. The molecule has 0 radical (unpaired) electrons. The lowest BCUT2D eigenvalue weighted by molar-refractivity contribution is -0.145. The average Bonchev–Trinajstić information content (AvgIpc) is 2.30. The average molecular weight is 351 g/mol. The second kappa shape index (κ2) is 6.71. The highest BCUT2D eigenvalue weighted by atomic mass is 32.2. The van der Waals surface area contributed by atoms with Gasteiger partial charge in [0.2, 0.25) is 0 Å². The monoisotopic (exact) mass is 351 g/mol. The summed E-state index contributed by atoms with van der Waals surface area (Å²) < 4.78 is 36.7. The molecule has 1 fully saturated rings. The summed E-state index contributed by atoms with van der Waals surface area (Å²) in [5.41, 5.74) is -0.208. The highest BCUT2D eigenvalue weighted by molar-refractivity contribution is 7.84. The molecule has 1 aliphatic rings. The van der Waals surface area contributed by atoms with Crippen molar-refractivity contribution in [2.45, 2.75) is 52.3 Å². The van der Waals surface area contributed by atoms with Crippen LogP contribution in [0.3, 0.4) is 0 Å². The van der Waals surface area contributed by atoms with Gasteiger partial charge in [0.1, 0.15) is 24.3 Å². The van der Waals surface area contributed by atoms with Gasteiger partial charge in [-0.2, -0.15) is 8.42 Å². The molecule has 10 nitrogen and oxygen atoms in total. The molecule has 0 aromatic carbocycles. The van der Waals surface area contributed by atoms with Crippen LogP contribution < -0.4 is 5.32 Å². The van der Waals surface area contributed by atoms with E-state index >= 15 is 0 Å². The van der Waals surface area contributed by atoms with Crippen LogP contribution in [0, 0.1) is 0 Å². The number of hydrogen-bond acceptors (Lipinski definition) is 7. The van der Waals surface area contributed by atoms with E-state index in [0.717, 1.165) is 0 Å². The van der Waals surface area contributed by atoms with Gasteiger partial charge in [-0.15, -0.1) is 0 Å². The van der Waals surface area contributed by atoms with E-state index in [9.17, 15) is 18.0 Å². The number of alkyl carbamates (subject to hydrolysis) is 1. The summed E-state index contributed by atoms with van der Waals surface area (Å²) >= 11 is 0.